The summed E-state index contributed by atoms with van der Waals surface area (Å²) in [5, 5.41) is 9.34. The van der Waals surface area contributed by atoms with Gasteiger partial charge in [0, 0.05) is 13.0 Å². The van der Waals surface area contributed by atoms with Gasteiger partial charge in [0.15, 0.2) is 0 Å². The minimum atomic E-state index is 0.564. The first kappa shape index (κ1) is 10.4. The second kappa shape index (κ2) is 5.14. The first-order valence-electron chi connectivity index (χ1n) is 4.56. The largest absolute Gasteiger partial charge is 0.374 e. The average Bonchev–Trinajstić information content (AvgIpc) is 2.53. The van der Waals surface area contributed by atoms with E-state index in [1.165, 1.54) is 11.3 Å². The van der Waals surface area contributed by atoms with E-state index in [0.717, 1.165) is 31.1 Å². The van der Waals surface area contributed by atoms with Crippen molar-refractivity contribution < 1.29 is 0 Å². The summed E-state index contributed by atoms with van der Waals surface area (Å²) in [6, 6.07) is 0. The fourth-order valence-electron chi connectivity index (χ4n) is 1.16. The van der Waals surface area contributed by atoms with Gasteiger partial charge in [-0.15, -0.1) is 10.2 Å². The summed E-state index contributed by atoms with van der Waals surface area (Å²) in [7, 11) is 0. The lowest BCUT2D eigenvalue weighted by Crippen LogP contribution is -2.25. The molecular formula is C8H16N4S. The summed E-state index contributed by atoms with van der Waals surface area (Å²) in [5.74, 6) is 0. The van der Waals surface area contributed by atoms with Gasteiger partial charge in [0.25, 0.3) is 0 Å². The van der Waals surface area contributed by atoms with Crippen molar-refractivity contribution >= 4 is 16.5 Å². The zero-order valence-corrected chi connectivity index (χ0v) is 8.97. The maximum atomic E-state index is 5.48. The molecule has 0 spiro atoms. The van der Waals surface area contributed by atoms with Crippen molar-refractivity contribution in [2.24, 2.45) is 0 Å². The molecule has 0 aliphatic heterocycles. The molecule has 0 fully saturated rings. The molecule has 1 aromatic rings. The smallest absolute Gasteiger partial charge is 0.203 e. The molecule has 1 rings (SSSR count). The van der Waals surface area contributed by atoms with E-state index >= 15 is 0 Å². The molecule has 5 heteroatoms. The fourth-order valence-corrected chi connectivity index (χ4v) is 1.76. The van der Waals surface area contributed by atoms with Crippen LogP contribution in [0.25, 0.3) is 0 Å². The van der Waals surface area contributed by atoms with Crippen LogP contribution in [0, 0.1) is 0 Å². The number of rotatable bonds is 5. The molecule has 13 heavy (non-hydrogen) atoms. The van der Waals surface area contributed by atoms with Crippen LogP contribution in [-0.2, 0) is 6.42 Å². The van der Waals surface area contributed by atoms with E-state index in [0.29, 0.717) is 5.13 Å². The Morgan fingerprint density at radius 1 is 1.31 bits per heavy atom. The zero-order valence-electron chi connectivity index (χ0n) is 8.16. The van der Waals surface area contributed by atoms with Crippen LogP contribution < -0.4 is 5.73 Å². The minimum Gasteiger partial charge on any atom is -0.374 e. The number of anilines is 1. The van der Waals surface area contributed by atoms with Gasteiger partial charge in [0.05, 0.1) is 0 Å². The predicted molar refractivity (Wildman–Crippen MR) is 55.8 cm³/mol. The molecule has 0 saturated heterocycles. The molecule has 1 heterocycles. The third-order valence-electron chi connectivity index (χ3n) is 2.02. The van der Waals surface area contributed by atoms with E-state index in [1.54, 1.807) is 0 Å². The molecule has 0 aromatic carbocycles. The average molecular weight is 200 g/mol. The summed E-state index contributed by atoms with van der Waals surface area (Å²) < 4.78 is 0. The van der Waals surface area contributed by atoms with Gasteiger partial charge >= 0.3 is 0 Å². The maximum absolute atomic E-state index is 5.48. The normalized spacial score (nSPS) is 11.0. The van der Waals surface area contributed by atoms with Crippen molar-refractivity contribution in [2.75, 3.05) is 25.4 Å². The van der Waals surface area contributed by atoms with Gasteiger partial charge in [-0.2, -0.15) is 0 Å². The molecular weight excluding hydrogens is 184 g/mol. The molecule has 0 aliphatic rings. The Bertz CT molecular complexity index is 244. The number of hydrogen-bond donors (Lipinski definition) is 1. The monoisotopic (exact) mass is 200 g/mol. The van der Waals surface area contributed by atoms with E-state index in [-0.39, 0.29) is 0 Å². The minimum absolute atomic E-state index is 0.564. The van der Waals surface area contributed by atoms with Gasteiger partial charge in [-0.3, -0.25) is 0 Å². The van der Waals surface area contributed by atoms with Crippen molar-refractivity contribution in [3.05, 3.63) is 5.01 Å². The molecule has 0 unspecified atom stereocenters. The second-order valence-corrected chi connectivity index (χ2v) is 3.90. The summed E-state index contributed by atoms with van der Waals surface area (Å²) in [6.45, 7) is 7.55. The molecule has 0 saturated carbocycles. The molecule has 2 N–H and O–H groups in total. The van der Waals surface area contributed by atoms with Gasteiger partial charge in [-0.05, 0) is 13.1 Å². The number of hydrogen-bond acceptors (Lipinski definition) is 5. The number of nitrogens with zero attached hydrogens (tertiary/aromatic N) is 3. The third-order valence-corrected chi connectivity index (χ3v) is 2.83. The number of nitrogens with two attached hydrogens (primary N) is 1. The topological polar surface area (TPSA) is 55.0 Å². The second-order valence-electron chi connectivity index (χ2n) is 2.81. The van der Waals surface area contributed by atoms with Gasteiger partial charge in [-0.25, -0.2) is 0 Å². The Balaban J connectivity index is 2.33. The highest BCUT2D eigenvalue weighted by Crippen LogP contribution is 2.11. The van der Waals surface area contributed by atoms with Crippen LogP contribution in [0.5, 0.6) is 0 Å². The van der Waals surface area contributed by atoms with Crippen LogP contribution in [0.3, 0.4) is 0 Å². The summed E-state index contributed by atoms with van der Waals surface area (Å²) in [6.07, 6.45) is 0.955. The summed E-state index contributed by atoms with van der Waals surface area (Å²) in [5.41, 5.74) is 5.48. The van der Waals surface area contributed by atoms with Crippen molar-refractivity contribution in [1.82, 2.24) is 15.1 Å². The number of likely N-dealkylation sites (N-methyl/N-ethyl adjacent to an activating group) is 1. The SMILES string of the molecule is CCN(CC)CCc1nnc(N)s1. The lowest BCUT2D eigenvalue weighted by Gasteiger charge is -2.16. The van der Waals surface area contributed by atoms with Crippen molar-refractivity contribution in [3.8, 4) is 0 Å². The third kappa shape index (κ3) is 3.28. The van der Waals surface area contributed by atoms with E-state index in [1.807, 2.05) is 0 Å². The van der Waals surface area contributed by atoms with Gasteiger partial charge in [0.1, 0.15) is 5.01 Å². The quantitative estimate of drug-likeness (QED) is 0.770. The number of nitrogen functional groups attached to an aromatic ring is 1. The highest BCUT2D eigenvalue weighted by atomic mass is 32.1. The Morgan fingerprint density at radius 3 is 2.46 bits per heavy atom. The van der Waals surface area contributed by atoms with E-state index in [9.17, 15) is 0 Å². The number of aromatic nitrogens is 2. The van der Waals surface area contributed by atoms with Crippen LogP contribution in [-0.4, -0.2) is 34.7 Å². The molecule has 74 valence electrons. The molecule has 0 atom stereocenters. The van der Waals surface area contributed by atoms with Crippen molar-refractivity contribution in [3.63, 3.8) is 0 Å². The Morgan fingerprint density at radius 2 is 2.00 bits per heavy atom. The van der Waals surface area contributed by atoms with Gasteiger partial charge in [0.2, 0.25) is 5.13 Å². The van der Waals surface area contributed by atoms with Crippen LogP contribution in [0.4, 0.5) is 5.13 Å². The van der Waals surface area contributed by atoms with Crippen molar-refractivity contribution in [1.29, 1.82) is 0 Å². The zero-order chi connectivity index (χ0) is 9.68. The van der Waals surface area contributed by atoms with Gasteiger partial charge < -0.3 is 10.6 Å². The van der Waals surface area contributed by atoms with Gasteiger partial charge in [-0.1, -0.05) is 25.2 Å². The molecule has 4 nitrogen and oxygen atoms in total. The van der Waals surface area contributed by atoms with Crippen LogP contribution in [0.15, 0.2) is 0 Å². The lowest BCUT2D eigenvalue weighted by atomic mass is 10.4. The molecule has 0 amide bonds. The van der Waals surface area contributed by atoms with E-state index in [4.69, 9.17) is 5.73 Å². The van der Waals surface area contributed by atoms with E-state index in [2.05, 4.69) is 28.9 Å². The molecule has 0 aliphatic carbocycles. The predicted octanol–water partition coefficient (Wildman–Crippen LogP) is 1.00. The highest BCUT2D eigenvalue weighted by molar-refractivity contribution is 7.15. The molecule has 0 bridgehead atoms. The van der Waals surface area contributed by atoms with Crippen molar-refractivity contribution in [2.45, 2.75) is 20.3 Å². The molecule has 0 radical (unpaired) electrons. The standard InChI is InChI=1S/C8H16N4S/c1-3-12(4-2)6-5-7-10-11-8(9)13-7/h3-6H2,1-2H3,(H2,9,11). The summed E-state index contributed by atoms with van der Waals surface area (Å²) in [4.78, 5) is 2.36. The first-order valence-corrected chi connectivity index (χ1v) is 5.38. The highest BCUT2D eigenvalue weighted by Gasteiger charge is 2.03. The lowest BCUT2D eigenvalue weighted by molar-refractivity contribution is 0.307. The maximum Gasteiger partial charge on any atom is 0.203 e. The summed E-state index contributed by atoms with van der Waals surface area (Å²) >= 11 is 1.48. The van der Waals surface area contributed by atoms with Crippen LogP contribution >= 0.6 is 11.3 Å². The molecule has 1 aromatic heterocycles. The Labute approximate surface area is 82.8 Å². The van der Waals surface area contributed by atoms with E-state index < -0.39 is 0 Å². The van der Waals surface area contributed by atoms with Crippen LogP contribution in [0.1, 0.15) is 18.9 Å². The Kier molecular flexibility index (Phi) is 4.11. The Hall–Kier alpha value is -0.680. The van der Waals surface area contributed by atoms with Crippen LogP contribution in [0.2, 0.25) is 0 Å². The first-order chi connectivity index (χ1) is 6.26. The fraction of sp³-hybridized carbons (Fsp3) is 0.750.